The van der Waals surface area contributed by atoms with Crippen molar-refractivity contribution in [2.75, 3.05) is 6.54 Å². The van der Waals surface area contributed by atoms with Gasteiger partial charge < -0.3 is 0 Å². The number of nitrogens with zero attached hydrogens (tertiary/aromatic N) is 1. The first-order chi connectivity index (χ1) is 15.1. The Hall–Kier alpha value is -1.89. The topological polar surface area (TPSA) is 3.01 Å². The van der Waals surface area contributed by atoms with Crippen LogP contribution in [0.25, 0.3) is 10.8 Å². The van der Waals surface area contributed by atoms with Crippen LogP contribution >= 0.6 is 0 Å². The highest BCUT2D eigenvalue weighted by Gasteiger charge is 2.45. The summed E-state index contributed by atoms with van der Waals surface area (Å²) < 4.78 is 2.68. The number of allylic oxidation sites excluding steroid dienone is 2. The summed E-state index contributed by atoms with van der Waals surface area (Å²) in [6.07, 6.45) is 20.6. The van der Waals surface area contributed by atoms with Crippen molar-refractivity contribution in [3.05, 3.63) is 54.1 Å². The molecule has 164 valence electrons. The second kappa shape index (κ2) is 8.93. The van der Waals surface area contributed by atoms with Crippen molar-refractivity contribution < 1.29 is 4.58 Å². The first-order valence-electron chi connectivity index (χ1n) is 13.0. The van der Waals surface area contributed by atoms with Crippen molar-refractivity contribution in [2.45, 2.75) is 89.9 Å². The fourth-order valence-electron chi connectivity index (χ4n) is 6.66. The van der Waals surface area contributed by atoms with Crippen LogP contribution < -0.4 is 0 Å². The first-order valence-corrected chi connectivity index (χ1v) is 13.0. The Morgan fingerprint density at radius 1 is 0.903 bits per heavy atom. The van der Waals surface area contributed by atoms with Crippen LogP contribution in [0.4, 0.5) is 5.69 Å². The minimum atomic E-state index is 0.0523. The van der Waals surface area contributed by atoms with Crippen LogP contribution in [0.15, 0.2) is 48.6 Å². The van der Waals surface area contributed by atoms with Crippen molar-refractivity contribution in [3.8, 4) is 0 Å². The molecule has 0 amide bonds. The number of benzene rings is 2. The highest BCUT2D eigenvalue weighted by Crippen LogP contribution is 2.44. The number of unbranched alkanes of at least 4 members (excludes halogenated alkanes) is 1. The molecule has 0 aromatic heterocycles. The molecule has 0 spiro atoms. The van der Waals surface area contributed by atoms with Gasteiger partial charge in [0.15, 0.2) is 5.71 Å². The second-order valence-corrected chi connectivity index (χ2v) is 10.9. The minimum Gasteiger partial charge on any atom is -0.195 e. The zero-order chi connectivity index (χ0) is 21.3. The average molecular weight is 415 g/mol. The summed E-state index contributed by atoms with van der Waals surface area (Å²) in [5.41, 5.74) is 4.56. The summed E-state index contributed by atoms with van der Waals surface area (Å²) in [6.45, 7) is 6.06. The van der Waals surface area contributed by atoms with Gasteiger partial charge in [-0.2, -0.15) is 4.58 Å². The molecule has 3 aliphatic rings. The molecule has 2 aliphatic carbocycles. The average Bonchev–Trinajstić information content (AvgIpc) is 3.51. The van der Waals surface area contributed by atoms with Gasteiger partial charge in [0.1, 0.15) is 6.54 Å². The standard InChI is InChI=1S/C30H40N/c1-30(2)28(21-18-24-13-5-6-14-24)31(22-10-9-15-23-11-3-4-12-23)27-20-19-25-16-7-8-17-26(25)29(27)30/h7-8,16-21,23-24H,3-6,9-15,22H2,1-2H3/q+1/b21-18+. The quantitative estimate of drug-likeness (QED) is 0.316. The molecule has 0 radical (unpaired) electrons. The Balaban J connectivity index is 1.45. The normalized spacial score (nSPS) is 21.7. The lowest BCUT2D eigenvalue weighted by Crippen LogP contribution is -2.28. The van der Waals surface area contributed by atoms with Gasteiger partial charge in [0.05, 0.1) is 5.41 Å². The van der Waals surface area contributed by atoms with Gasteiger partial charge >= 0.3 is 0 Å². The van der Waals surface area contributed by atoms with Crippen LogP contribution in [-0.4, -0.2) is 16.8 Å². The zero-order valence-electron chi connectivity index (χ0n) is 19.7. The fraction of sp³-hybridized carbons (Fsp3) is 0.567. The molecule has 2 saturated carbocycles. The van der Waals surface area contributed by atoms with E-state index in [0.717, 1.165) is 18.4 Å². The van der Waals surface area contributed by atoms with E-state index in [-0.39, 0.29) is 5.41 Å². The van der Waals surface area contributed by atoms with E-state index in [1.165, 1.54) is 98.4 Å². The highest BCUT2D eigenvalue weighted by molar-refractivity contribution is 6.07. The third-order valence-corrected chi connectivity index (χ3v) is 8.40. The van der Waals surface area contributed by atoms with Crippen LogP contribution in [0.2, 0.25) is 0 Å². The van der Waals surface area contributed by atoms with Crippen molar-refractivity contribution in [1.82, 2.24) is 0 Å². The van der Waals surface area contributed by atoms with E-state index in [1.807, 2.05) is 0 Å². The number of hydrogen-bond acceptors (Lipinski definition) is 0. The Bertz CT molecular complexity index is 981. The number of rotatable bonds is 7. The van der Waals surface area contributed by atoms with Gasteiger partial charge in [0.2, 0.25) is 5.69 Å². The first kappa shape index (κ1) is 21.0. The van der Waals surface area contributed by atoms with Crippen LogP contribution in [0.1, 0.15) is 90.0 Å². The molecule has 5 rings (SSSR count). The lowest BCUT2D eigenvalue weighted by molar-refractivity contribution is -0.438. The van der Waals surface area contributed by atoms with Crippen LogP contribution in [0, 0.1) is 11.8 Å². The molecule has 0 N–H and O–H groups in total. The van der Waals surface area contributed by atoms with Gasteiger partial charge in [-0.15, -0.1) is 0 Å². The third-order valence-electron chi connectivity index (χ3n) is 8.40. The van der Waals surface area contributed by atoms with Crippen molar-refractivity contribution >= 4 is 22.2 Å². The maximum atomic E-state index is 2.68. The van der Waals surface area contributed by atoms with Gasteiger partial charge in [-0.05, 0) is 61.8 Å². The van der Waals surface area contributed by atoms with Gasteiger partial charge in [0, 0.05) is 24.1 Å². The smallest absolute Gasteiger partial charge is 0.195 e. The molecule has 2 fully saturated rings. The SMILES string of the molecule is CC1(C)C(/C=C/C2CCCC2)=[N+](CCCCC2CCCC2)c2ccc3ccccc3c21. The molecule has 1 nitrogen and oxygen atoms in total. The summed E-state index contributed by atoms with van der Waals surface area (Å²) >= 11 is 0. The lowest BCUT2D eigenvalue weighted by atomic mass is 9.79. The van der Waals surface area contributed by atoms with Crippen molar-refractivity contribution in [1.29, 1.82) is 0 Å². The van der Waals surface area contributed by atoms with E-state index >= 15 is 0 Å². The predicted octanol–water partition coefficient (Wildman–Crippen LogP) is 8.32. The van der Waals surface area contributed by atoms with Gasteiger partial charge in [-0.3, -0.25) is 0 Å². The van der Waals surface area contributed by atoms with E-state index in [2.05, 4.69) is 67.0 Å². The monoisotopic (exact) mass is 414 g/mol. The third kappa shape index (κ3) is 4.13. The minimum absolute atomic E-state index is 0.0523. The summed E-state index contributed by atoms with van der Waals surface area (Å²) in [7, 11) is 0. The Morgan fingerprint density at radius 3 is 2.45 bits per heavy atom. The maximum Gasteiger partial charge on any atom is 0.210 e. The molecule has 1 aliphatic heterocycles. The van der Waals surface area contributed by atoms with Crippen LogP contribution in [0.3, 0.4) is 0 Å². The van der Waals surface area contributed by atoms with E-state index in [4.69, 9.17) is 0 Å². The number of hydrogen-bond donors (Lipinski definition) is 0. The Morgan fingerprint density at radius 2 is 1.65 bits per heavy atom. The van der Waals surface area contributed by atoms with Gasteiger partial charge in [-0.1, -0.05) is 75.3 Å². The molecular formula is C30H40N+. The van der Waals surface area contributed by atoms with Crippen molar-refractivity contribution in [2.24, 2.45) is 11.8 Å². The zero-order valence-corrected chi connectivity index (χ0v) is 19.7. The lowest BCUT2D eigenvalue weighted by Gasteiger charge is -2.18. The predicted molar refractivity (Wildman–Crippen MR) is 134 cm³/mol. The summed E-state index contributed by atoms with van der Waals surface area (Å²) in [4.78, 5) is 0. The Labute approximate surface area is 189 Å². The second-order valence-electron chi connectivity index (χ2n) is 10.9. The van der Waals surface area contributed by atoms with E-state index in [1.54, 1.807) is 0 Å². The summed E-state index contributed by atoms with van der Waals surface area (Å²) in [6, 6.07) is 13.7. The van der Waals surface area contributed by atoms with Crippen LogP contribution in [0.5, 0.6) is 0 Å². The molecule has 0 bridgehead atoms. The molecule has 0 atom stereocenters. The van der Waals surface area contributed by atoms with E-state index in [0.29, 0.717) is 0 Å². The van der Waals surface area contributed by atoms with Gasteiger partial charge in [-0.25, -0.2) is 0 Å². The number of fused-ring (bicyclic) bond motifs is 3. The van der Waals surface area contributed by atoms with Crippen molar-refractivity contribution in [3.63, 3.8) is 0 Å². The largest absolute Gasteiger partial charge is 0.210 e. The van der Waals surface area contributed by atoms with E-state index < -0.39 is 0 Å². The van der Waals surface area contributed by atoms with Gasteiger partial charge in [0.25, 0.3) is 0 Å². The molecule has 0 unspecified atom stereocenters. The van der Waals surface area contributed by atoms with E-state index in [9.17, 15) is 0 Å². The maximum absolute atomic E-state index is 2.68. The highest BCUT2D eigenvalue weighted by atomic mass is 15.1. The van der Waals surface area contributed by atoms with Crippen LogP contribution in [-0.2, 0) is 5.41 Å². The molecule has 1 heteroatoms. The Kier molecular flexibility index (Phi) is 6.04. The summed E-state index contributed by atoms with van der Waals surface area (Å²) in [5, 5.41) is 2.81. The molecule has 0 saturated heterocycles. The molecular weight excluding hydrogens is 374 g/mol. The molecule has 2 aromatic carbocycles. The molecule has 31 heavy (non-hydrogen) atoms. The summed E-state index contributed by atoms with van der Waals surface area (Å²) in [5.74, 6) is 1.80. The fourth-order valence-corrected chi connectivity index (χ4v) is 6.66. The molecule has 2 aromatic rings. The molecule has 1 heterocycles.